The van der Waals surface area contributed by atoms with E-state index in [1.807, 2.05) is 6.92 Å². The number of H-pyrrole nitrogens is 1. The van der Waals surface area contributed by atoms with Crippen molar-refractivity contribution in [1.82, 2.24) is 19.5 Å². The highest BCUT2D eigenvalue weighted by atomic mass is 32.9. The number of aromatic amines is 1. The van der Waals surface area contributed by atoms with Crippen LogP contribution in [0, 0.1) is 5.92 Å². The standard InChI is InChI=1S/C26H43N4O6PS2Si/c1-15(2)16-9-10-26(6,19(31)11-16)39-37(38)36-17-12-20(35-18(17)13-34-40(7,8)25(3,4)5)30-14-27-21-22(30)28-24(33)29-23(21)32/h14,16-20,31,37H,1,9-13H2,2-8H3,(H2,28,29,32,33)/t16-,17-,18+,19+,20+,26+/m0/s1. The Kier molecular flexibility index (Phi) is 9.49. The minimum atomic E-state index is -2.07. The van der Waals surface area contributed by atoms with Crippen molar-refractivity contribution in [3.8, 4) is 6.01 Å². The Bertz CT molecular complexity index is 1330. The first-order valence-corrected chi connectivity index (χ1v) is 20.7. The van der Waals surface area contributed by atoms with E-state index < -0.39 is 44.4 Å². The molecule has 1 saturated heterocycles. The maximum absolute atomic E-state index is 12.3. The van der Waals surface area contributed by atoms with Gasteiger partial charge in [0.25, 0.3) is 11.6 Å². The molecular formula is C26H43N4O6PS2Si. The summed E-state index contributed by atoms with van der Waals surface area (Å²) >= 11 is 7.48. The van der Waals surface area contributed by atoms with E-state index in [0.717, 1.165) is 18.4 Å². The van der Waals surface area contributed by atoms with Crippen molar-refractivity contribution in [2.75, 3.05) is 6.61 Å². The third-order valence-electron chi connectivity index (χ3n) is 8.79. The number of aliphatic hydroxyl groups is 1. The molecule has 0 radical (unpaired) electrons. The van der Waals surface area contributed by atoms with Crippen LogP contribution >= 0.6 is 17.5 Å². The van der Waals surface area contributed by atoms with Crippen molar-refractivity contribution in [1.29, 1.82) is 0 Å². The molecule has 2 aromatic rings. The maximum atomic E-state index is 12.3. The van der Waals surface area contributed by atoms with E-state index in [1.165, 1.54) is 6.33 Å². The van der Waals surface area contributed by atoms with Gasteiger partial charge in [-0.3, -0.25) is 14.3 Å². The molecule has 1 aliphatic carbocycles. The lowest BCUT2D eigenvalue weighted by atomic mass is 9.77. The highest BCUT2D eigenvalue weighted by molar-refractivity contribution is 8.63. The Morgan fingerprint density at radius 3 is 2.75 bits per heavy atom. The zero-order chi connectivity index (χ0) is 29.6. The van der Waals surface area contributed by atoms with Crippen LogP contribution in [0.5, 0.6) is 6.01 Å². The molecule has 3 heterocycles. The Morgan fingerprint density at radius 2 is 2.12 bits per heavy atom. The van der Waals surface area contributed by atoms with E-state index in [2.05, 4.69) is 62.3 Å². The van der Waals surface area contributed by atoms with E-state index in [1.54, 1.807) is 15.9 Å². The number of allylic oxidation sites excluding steroid dienone is 1. The summed E-state index contributed by atoms with van der Waals surface area (Å²) < 4.78 is 20.8. The maximum Gasteiger partial charge on any atom is 0.296 e. The van der Waals surface area contributed by atoms with Crippen LogP contribution in [0.4, 0.5) is 0 Å². The molecular weight excluding hydrogens is 588 g/mol. The summed E-state index contributed by atoms with van der Waals surface area (Å²) in [4.78, 5) is 22.8. The van der Waals surface area contributed by atoms with Crippen molar-refractivity contribution >= 4 is 48.8 Å². The zero-order valence-corrected chi connectivity index (χ0v) is 28.0. The zero-order valence-electron chi connectivity index (χ0n) is 24.4. The third kappa shape index (κ3) is 6.77. The lowest BCUT2D eigenvalue weighted by molar-refractivity contribution is -0.0347. The summed E-state index contributed by atoms with van der Waals surface area (Å²) in [7, 11) is -2.07. The van der Waals surface area contributed by atoms with Crippen molar-refractivity contribution in [2.24, 2.45) is 5.92 Å². The molecule has 1 aliphatic heterocycles. The van der Waals surface area contributed by atoms with E-state index in [0.29, 0.717) is 25.4 Å². The van der Waals surface area contributed by atoms with Gasteiger partial charge in [-0.25, -0.2) is 4.98 Å². The number of hydrogen-bond donors (Lipinski definition) is 3. The van der Waals surface area contributed by atoms with Gasteiger partial charge in [-0.15, -0.1) is 0 Å². The molecule has 0 amide bonds. The summed E-state index contributed by atoms with van der Waals surface area (Å²) in [6.45, 7) is 19.5. The van der Waals surface area contributed by atoms with Crippen LogP contribution in [0.1, 0.15) is 66.5 Å². The second-order valence-corrected chi connectivity index (χ2v) is 23.1. The van der Waals surface area contributed by atoms with Crippen LogP contribution in [0.3, 0.4) is 0 Å². The second-order valence-electron chi connectivity index (χ2n) is 12.8. The Labute approximate surface area is 246 Å². The van der Waals surface area contributed by atoms with Crippen molar-refractivity contribution < 1.29 is 23.9 Å². The molecule has 14 heteroatoms. The van der Waals surface area contributed by atoms with E-state index >= 15 is 0 Å². The predicted molar refractivity (Wildman–Crippen MR) is 166 cm³/mol. The average Bonchev–Trinajstić information content (AvgIpc) is 3.42. The molecule has 4 rings (SSSR count). The molecule has 0 bridgehead atoms. The van der Waals surface area contributed by atoms with Crippen LogP contribution in [-0.4, -0.2) is 67.7 Å². The fraction of sp³-hybridized carbons (Fsp3) is 0.731. The molecule has 10 nitrogen and oxygen atoms in total. The van der Waals surface area contributed by atoms with Gasteiger partial charge in [-0.1, -0.05) is 56.1 Å². The van der Waals surface area contributed by atoms with Gasteiger partial charge in [0.1, 0.15) is 18.5 Å². The summed E-state index contributed by atoms with van der Waals surface area (Å²) in [5.41, 5.74) is 0.946. The van der Waals surface area contributed by atoms with Crippen LogP contribution in [0.2, 0.25) is 18.1 Å². The topological polar surface area (TPSA) is 132 Å². The van der Waals surface area contributed by atoms with Gasteiger partial charge in [0.2, 0.25) is 0 Å². The molecule has 0 aromatic carbocycles. The molecule has 1 saturated carbocycles. The molecule has 224 valence electrons. The van der Waals surface area contributed by atoms with Crippen molar-refractivity contribution in [3.05, 3.63) is 28.8 Å². The van der Waals surface area contributed by atoms with Crippen molar-refractivity contribution in [3.63, 3.8) is 0 Å². The second kappa shape index (κ2) is 11.9. The molecule has 3 N–H and O–H groups in total. The summed E-state index contributed by atoms with van der Waals surface area (Å²) in [5.74, 6) is 0.330. The Balaban J connectivity index is 1.53. The molecule has 1 unspecified atom stereocenters. The van der Waals surface area contributed by atoms with Gasteiger partial charge in [-0.2, -0.15) is 4.98 Å². The Hall–Kier alpha value is -1.05. The Morgan fingerprint density at radius 1 is 1.43 bits per heavy atom. The number of aromatic nitrogens is 4. The first-order chi connectivity index (χ1) is 18.5. The molecule has 7 atom stereocenters. The SMILES string of the molecule is C=C(C)[C@H]1CC[C@@](C)(S[PH](=S)O[C@H]2C[C@H](n3cnc4c(=O)[nH]c(O)nc43)O[C@@H]2CO[Si](C)(C)C(C)(C)C)[C@H](O)C1. The fourth-order valence-electron chi connectivity index (χ4n) is 4.95. The lowest BCUT2D eigenvalue weighted by Gasteiger charge is -2.41. The van der Waals surface area contributed by atoms with Crippen LogP contribution in [-0.2, 0) is 25.5 Å². The first kappa shape index (κ1) is 31.9. The highest BCUT2D eigenvalue weighted by Gasteiger charge is 2.44. The lowest BCUT2D eigenvalue weighted by Crippen LogP contribution is -2.44. The fourth-order valence-corrected chi connectivity index (χ4v) is 11.8. The minimum absolute atomic E-state index is 0.0283. The molecule has 0 spiro atoms. The first-order valence-electron chi connectivity index (χ1n) is 13.7. The van der Waals surface area contributed by atoms with Crippen LogP contribution < -0.4 is 5.56 Å². The summed E-state index contributed by atoms with van der Waals surface area (Å²) in [6, 6.07) is -0.483. The van der Waals surface area contributed by atoms with E-state index in [9.17, 15) is 15.0 Å². The molecule has 2 fully saturated rings. The number of aromatic hydroxyl groups is 1. The number of aliphatic hydroxyl groups excluding tert-OH is 1. The number of imidazole rings is 1. The van der Waals surface area contributed by atoms with Gasteiger partial charge < -0.3 is 23.9 Å². The number of fused-ring (bicyclic) bond motifs is 1. The van der Waals surface area contributed by atoms with Crippen LogP contribution in [0.15, 0.2) is 23.3 Å². The van der Waals surface area contributed by atoms with Gasteiger partial charge >= 0.3 is 0 Å². The summed E-state index contributed by atoms with van der Waals surface area (Å²) in [6.07, 6.45) is 0.893. The van der Waals surface area contributed by atoms with E-state index in [4.69, 9.17) is 25.5 Å². The highest BCUT2D eigenvalue weighted by Crippen LogP contribution is 2.56. The van der Waals surface area contributed by atoms with Gasteiger partial charge in [0.05, 0.1) is 25.1 Å². The monoisotopic (exact) mass is 630 g/mol. The van der Waals surface area contributed by atoms with Gasteiger partial charge in [0.15, 0.2) is 19.5 Å². The quantitative estimate of drug-likeness (QED) is 0.192. The van der Waals surface area contributed by atoms with Gasteiger partial charge in [0, 0.05) is 11.2 Å². The molecule has 2 aromatic heterocycles. The third-order valence-corrected chi connectivity index (χ3v) is 18.1. The minimum Gasteiger partial charge on any atom is -0.480 e. The largest absolute Gasteiger partial charge is 0.480 e. The van der Waals surface area contributed by atoms with Crippen molar-refractivity contribution in [2.45, 2.75) is 108 Å². The number of nitrogens with one attached hydrogen (secondary N) is 1. The van der Waals surface area contributed by atoms with Crippen LogP contribution in [0.25, 0.3) is 11.2 Å². The average molecular weight is 631 g/mol. The van der Waals surface area contributed by atoms with Gasteiger partial charge in [-0.05, 0) is 57.2 Å². The number of ether oxygens (including phenoxy) is 1. The number of nitrogens with zero attached hydrogens (tertiary/aromatic N) is 3. The summed E-state index contributed by atoms with van der Waals surface area (Å²) in [5, 5.41) is 20.9. The predicted octanol–water partition coefficient (Wildman–Crippen LogP) is 5.25. The normalized spacial score (nSPS) is 30.6. The molecule has 2 aliphatic rings. The molecule has 40 heavy (non-hydrogen) atoms. The van der Waals surface area contributed by atoms with E-state index in [-0.39, 0.29) is 27.1 Å². The number of hydrogen-bond acceptors (Lipinski definition) is 10. The number of rotatable bonds is 9. The smallest absolute Gasteiger partial charge is 0.296 e.